The van der Waals surface area contributed by atoms with Gasteiger partial charge in [0.05, 0.1) is 28.7 Å². The molecule has 10 nitrogen and oxygen atoms in total. The molecule has 0 aliphatic carbocycles. The van der Waals surface area contributed by atoms with Crippen molar-refractivity contribution < 1.29 is 24.1 Å². The molecule has 4 rings (SSSR count). The minimum Gasteiger partial charge on any atom is -0.494 e. The van der Waals surface area contributed by atoms with Gasteiger partial charge in [-0.05, 0) is 66.8 Å². The molecule has 0 atom stereocenters. The van der Waals surface area contributed by atoms with Crippen LogP contribution in [0.25, 0.3) is 0 Å². The van der Waals surface area contributed by atoms with E-state index in [4.69, 9.17) is 45.5 Å². The molecule has 42 heavy (non-hydrogen) atoms. The lowest BCUT2D eigenvalue weighted by Crippen LogP contribution is -2.33. The minimum atomic E-state index is -1.36. The smallest absolute Gasteiger partial charge is 0.262 e. The van der Waals surface area contributed by atoms with E-state index in [1.165, 1.54) is 61.6 Å². The summed E-state index contributed by atoms with van der Waals surface area (Å²) in [6.45, 7) is 1.90. The molecule has 2 N–H and O–H groups in total. The van der Waals surface area contributed by atoms with Gasteiger partial charge >= 0.3 is 0 Å². The fourth-order valence-corrected chi connectivity index (χ4v) is 5.25. The summed E-state index contributed by atoms with van der Waals surface area (Å²) in [6.07, 6.45) is 0. The van der Waals surface area contributed by atoms with Gasteiger partial charge in [0, 0.05) is 28.2 Å². The largest absolute Gasteiger partial charge is 0.494 e. The van der Waals surface area contributed by atoms with Gasteiger partial charge in [-0.1, -0.05) is 23.7 Å². The van der Waals surface area contributed by atoms with E-state index in [9.17, 15) is 24.2 Å². The average molecular weight is 635 g/mol. The molecular weight excluding hydrogens is 607 g/mol. The summed E-state index contributed by atoms with van der Waals surface area (Å²) >= 11 is 17.3. The molecule has 0 fully saturated rings. The third-order valence-corrected chi connectivity index (χ3v) is 8.23. The molecule has 0 aliphatic heterocycles. The maximum Gasteiger partial charge on any atom is 0.262 e. The van der Waals surface area contributed by atoms with Gasteiger partial charge < -0.3 is 19.7 Å². The van der Waals surface area contributed by atoms with E-state index in [0.717, 1.165) is 9.13 Å². The summed E-state index contributed by atoms with van der Waals surface area (Å²) in [4.78, 5) is 27.3. The highest BCUT2D eigenvalue weighted by atomic mass is 35.5. The number of nitrogens with zero attached hydrogens (tertiary/aromatic N) is 4. The van der Waals surface area contributed by atoms with Crippen LogP contribution in [0.15, 0.2) is 46.0 Å². The van der Waals surface area contributed by atoms with Crippen molar-refractivity contribution in [3.05, 3.63) is 99.7 Å². The Bertz CT molecular complexity index is 1860. The third-order valence-electron chi connectivity index (χ3n) is 6.85. The van der Waals surface area contributed by atoms with Crippen molar-refractivity contribution in [3.63, 3.8) is 0 Å². The molecule has 4 aromatic rings. The number of aromatic hydroxyl groups is 2. The number of rotatable bonds is 8. The SMILES string of the molecule is CCOc1cc(C(c2c(O)n(C)c(=S)n(C)c2=O)c2c(O)n(C)c(=S)n(C)c2=O)cc(Cl)c1OCc1cccc(F)c1. The van der Waals surface area contributed by atoms with Crippen LogP contribution in [0.2, 0.25) is 5.02 Å². The van der Waals surface area contributed by atoms with Crippen molar-refractivity contribution in [1.29, 1.82) is 0 Å². The van der Waals surface area contributed by atoms with E-state index in [0.29, 0.717) is 5.56 Å². The summed E-state index contributed by atoms with van der Waals surface area (Å²) < 4.78 is 30.2. The van der Waals surface area contributed by atoms with Crippen LogP contribution in [0.5, 0.6) is 23.3 Å². The predicted molar refractivity (Wildman–Crippen MR) is 161 cm³/mol. The van der Waals surface area contributed by atoms with Crippen molar-refractivity contribution in [3.8, 4) is 23.3 Å². The Morgan fingerprint density at radius 3 is 1.93 bits per heavy atom. The molecule has 0 aliphatic rings. The standard InChI is InChI=1S/C28H28ClFN4O6S2/c1-6-39-18-12-15(11-17(29)22(18)40-13-14-8-7-9-16(30)10-14)19(20-23(35)31(2)27(41)32(3)24(20)36)21-25(37)33(4)28(42)34(5)26(21)38/h7-12,19,35,37H,6,13H2,1-5H3. The van der Waals surface area contributed by atoms with E-state index < -0.39 is 34.6 Å². The van der Waals surface area contributed by atoms with Crippen LogP contribution < -0.4 is 20.6 Å². The molecule has 0 radical (unpaired) electrons. The zero-order valence-corrected chi connectivity index (χ0v) is 25.7. The maximum atomic E-state index is 13.7. The first-order valence-electron chi connectivity index (χ1n) is 12.6. The molecule has 0 unspecified atom stereocenters. The van der Waals surface area contributed by atoms with Crippen LogP contribution in [0.3, 0.4) is 0 Å². The number of benzene rings is 2. The fraction of sp³-hybridized carbons (Fsp3) is 0.286. The highest BCUT2D eigenvalue weighted by Crippen LogP contribution is 2.44. The second-order valence-electron chi connectivity index (χ2n) is 9.50. The lowest BCUT2D eigenvalue weighted by atomic mass is 9.86. The van der Waals surface area contributed by atoms with Gasteiger partial charge in [0.1, 0.15) is 12.4 Å². The third kappa shape index (κ3) is 5.46. The van der Waals surface area contributed by atoms with E-state index in [1.54, 1.807) is 19.1 Å². The Balaban J connectivity index is 2.05. The number of ether oxygens (including phenoxy) is 2. The Hall–Kier alpha value is -3.94. The molecule has 2 aromatic carbocycles. The lowest BCUT2D eigenvalue weighted by molar-refractivity contribution is 0.269. The quantitative estimate of drug-likeness (QED) is 0.271. The van der Waals surface area contributed by atoms with Crippen LogP contribution in [0.1, 0.15) is 35.1 Å². The first-order valence-corrected chi connectivity index (χ1v) is 13.8. The van der Waals surface area contributed by atoms with Gasteiger partial charge in [-0.15, -0.1) is 0 Å². The van der Waals surface area contributed by atoms with Crippen LogP contribution in [-0.4, -0.2) is 35.1 Å². The van der Waals surface area contributed by atoms with Crippen LogP contribution in [0.4, 0.5) is 4.39 Å². The minimum absolute atomic E-state index is 0.0257. The summed E-state index contributed by atoms with van der Waals surface area (Å²) in [5, 5.41) is 22.5. The van der Waals surface area contributed by atoms with E-state index in [2.05, 4.69) is 0 Å². The van der Waals surface area contributed by atoms with Crippen molar-refractivity contribution in [1.82, 2.24) is 18.3 Å². The molecule has 0 spiro atoms. The highest BCUT2D eigenvalue weighted by Gasteiger charge is 2.33. The van der Waals surface area contributed by atoms with Crippen molar-refractivity contribution in [2.24, 2.45) is 28.2 Å². The second kappa shape index (κ2) is 12.1. The highest BCUT2D eigenvalue weighted by molar-refractivity contribution is 7.71. The first kappa shape index (κ1) is 31.0. The van der Waals surface area contributed by atoms with E-state index in [-0.39, 0.29) is 56.0 Å². The van der Waals surface area contributed by atoms with E-state index >= 15 is 0 Å². The molecule has 0 saturated heterocycles. The summed E-state index contributed by atoms with van der Waals surface area (Å²) in [7, 11) is 5.78. The lowest BCUT2D eigenvalue weighted by Gasteiger charge is -2.24. The topological polar surface area (TPSA) is 113 Å². The van der Waals surface area contributed by atoms with Gasteiger partial charge in [-0.3, -0.25) is 27.9 Å². The normalized spacial score (nSPS) is 11.2. The van der Waals surface area contributed by atoms with E-state index in [1.807, 2.05) is 0 Å². The van der Waals surface area contributed by atoms with Gasteiger partial charge in [-0.25, -0.2) is 4.39 Å². The van der Waals surface area contributed by atoms with Crippen molar-refractivity contribution in [2.45, 2.75) is 19.4 Å². The number of aromatic nitrogens is 4. The van der Waals surface area contributed by atoms with Gasteiger partial charge in [0.15, 0.2) is 21.0 Å². The van der Waals surface area contributed by atoms with Gasteiger partial charge in [0.25, 0.3) is 11.1 Å². The number of hydrogen-bond donors (Lipinski definition) is 2. The number of halogens is 2. The molecule has 14 heteroatoms. The monoisotopic (exact) mass is 634 g/mol. The molecule has 0 amide bonds. The summed E-state index contributed by atoms with van der Waals surface area (Å²) in [5.41, 5.74) is -1.13. The van der Waals surface area contributed by atoms with Crippen LogP contribution in [0, 0.1) is 15.4 Å². The Morgan fingerprint density at radius 1 is 0.881 bits per heavy atom. The predicted octanol–water partition coefficient (Wildman–Crippen LogP) is 4.58. The fourth-order valence-electron chi connectivity index (χ4n) is 4.64. The Kier molecular flexibility index (Phi) is 8.95. The molecule has 222 valence electrons. The Labute approximate surface area is 255 Å². The molecule has 0 saturated carbocycles. The van der Waals surface area contributed by atoms with Crippen molar-refractivity contribution >= 4 is 36.0 Å². The van der Waals surface area contributed by atoms with Crippen LogP contribution in [-0.2, 0) is 34.8 Å². The zero-order chi connectivity index (χ0) is 31.0. The van der Waals surface area contributed by atoms with Gasteiger partial charge in [-0.2, -0.15) is 0 Å². The maximum absolute atomic E-state index is 13.7. The van der Waals surface area contributed by atoms with Crippen LogP contribution >= 0.6 is 36.0 Å². The summed E-state index contributed by atoms with van der Waals surface area (Å²) in [5.74, 6) is -2.52. The molecule has 0 bridgehead atoms. The van der Waals surface area contributed by atoms with Crippen molar-refractivity contribution in [2.75, 3.05) is 6.61 Å². The van der Waals surface area contributed by atoms with Gasteiger partial charge in [0.2, 0.25) is 11.8 Å². The molecular formula is C28H28ClFN4O6S2. The number of hydrogen-bond acceptors (Lipinski definition) is 8. The molecule has 2 heterocycles. The molecule has 2 aromatic heterocycles. The average Bonchev–Trinajstić information content (AvgIpc) is 2.96. The first-order chi connectivity index (χ1) is 19.8. The summed E-state index contributed by atoms with van der Waals surface area (Å²) in [6, 6.07) is 8.81. The Morgan fingerprint density at radius 2 is 1.43 bits per heavy atom. The second-order valence-corrected chi connectivity index (χ2v) is 10.6. The zero-order valence-electron chi connectivity index (χ0n) is 23.3.